The Balaban J connectivity index is 1.42. The van der Waals surface area contributed by atoms with Crippen LogP contribution in [0.1, 0.15) is 49.4 Å². The summed E-state index contributed by atoms with van der Waals surface area (Å²) in [6.07, 6.45) is 5.92. The van der Waals surface area contributed by atoms with Crippen LogP contribution in [-0.4, -0.2) is 54.9 Å². The Morgan fingerprint density at radius 3 is 2.78 bits per heavy atom. The van der Waals surface area contributed by atoms with E-state index in [0.717, 1.165) is 19.4 Å². The summed E-state index contributed by atoms with van der Waals surface area (Å²) in [5.41, 5.74) is 2.24. The standard InChI is InChI=1S/C22H26ClN7O2/c1-14-17(26-21(32)20-28-27-18-11-15(23)5-10-30(18)20)12-16(13-24-14)25-19(31)6-9-29-8-4-7-22(29,2)3/h5,10-13H,4,6-9H2,1-3H3,(H,25,31)(H,26,32). The van der Waals surface area contributed by atoms with Crippen LogP contribution in [0.2, 0.25) is 5.02 Å². The maximum atomic E-state index is 12.8. The molecule has 32 heavy (non-hydrogen) atoms. The summed E-state index contributed by atoms with van der Waals surface area (Å²) >= 11 is 5.96. The molecule has 0 unspecified atom stereocenters. The van der Waals surface area contributed by atoms with Crippen molar-refractivity contribution in [3.8, 4) is 0 Å². The van der Waals surface area contributed by atoms with Gasteiger partial charge in [0.15, 0.2) is 5.65 Å². The number of hydrogen-bond donors (Lipinski definition) is 2. The number of hydrogen-bond acceptors (Lipinski definition) is 6. The number of amides is 2. The van der Waals surface area contributed by atoms with Gasteiger partial charge in [-0.1, -0.05) is 11.6 Å². The lowest BCUT2D eigenvalue weighted by Gasteiger charge is -2.31. The SMILES string of the molecule is Cc1ncc(NC(=O)CCN2CCCC2(C)C)cc1NC(=O)c1nnc2cc(Cl)ccn12. The van der Waals surface area contributed by atoms with E-state index in [1.807, 2.05) is 0 Å². The molecule has 3 aromatic heterocycles. The van der Waals surface area contributed by atoms with Crippen molar-refractivity contribution in [3.63, 3.8) is 0 Å². The average Bonchev–Trinajstić information content (AvgIpc) is 3.30. The van der Waals surface area contributed by atoms with Crippen molar-refractivity contribution in [2.75, 3.05) is 23.7 Å². The molecule has 0 radical (unpaired) electrons. The Morgan fingerprint density at radius 2 is 2.03 bits per heavy atom. The van der Waals surface area contributed by atoms with E-state index in [4.69, 9.17) is 11.6 Å². The lowest BCUT2D eigenvalue weighted by atomic mass is 10.0. The van der Waals surface area contributed by atoms with E-state index in [1.165, 1.54) is 0 Å². The molecule has 1 fully saturated rings. The van der Waals surface area contributed by atoms with Gasteiger partial charge in [0.1, 0.15) is 0 Å². The Hall–Kier alpha value is -3.04. The van der Waals surface area contributed by atoms with Crippen LogP contribution >= 0.6 is 11.6 Å². The largest absolute Gasteiger partial charge is 0.325 e. The molecule has 168 valence electrons. The third-order valence-electron chi connectivity index (χ3n) is 5.88. The summed E-state index contributed by atoms with van der Waals surface area (Å²) in [7, 11) is 0. The molecule has 4 rings (SSSR count). The first-order valence-corrected chi connectivity index (χ1v) is 10.9. The predicted octanol–water partition coefficient (Wildman–Crippen LogP) is 3.54. The van der Waals surface area contributed by atoms with Crippen LogP contribution in [0.25, 0.3) is 5.65 Å². The van der Waals surface area contributed by atoms with Gasteiger partial charge in [0.2, 0.25) is 11.7 Å². The zero-order valence-corrected chi connectivity index (χ0v) is 19.1. The topological polar surface area (TPSA) is 105 Å². The molecule has 0 aliphatic carbocycles. The van der Waals surface area contributed by atoms with E-state index in [0.29, 0.717) is 40.7 Å². The number of likely N-dealkylation sites (tertiary alicyclic amines) is 1. The molecular weight excluding hydrogens is 430 g/mol. The number of halogens is 1. The van der Waals surface area contributed by atoms with Crippen molar-refractivity contribution in [1.82, 2.24) is 24.5 Å². The number of carbonyl (C=O) groups is 2. The molecule has 3 aromatic rings. The smallest absolute Gasteiger partial charge is 0.294 e. The molecule has 1 aliphatic heterocycles. The second-order valence-electron chi connectivity index (χ2n) is 8.61. The summed E-state index contributed by atoms with van der Waals surface area (Å²) in [5.74, 6) is -0.404. The Kier molecular flexibility index (Phi) is 6.12. The van der Waals surface area contributed by atoms with Crippen molar-refractivity contribution in [2.45, 2.75) is 45.6 Å². The fourth-order valence-electron chi connectivity index (χ4n) is 3.96. The van der Waals surface area contributed by atoms with Crippen LogP contribution in [0.4, 0.5) is 11.4 Å². The van der Waals surface area contributed by atoms with Crippen LogP contribution in [-0.2, 0) is 4.79 Å². The minimum atomic E-state index is -0.440. The van der Waals surface area contributed by atoms with Crippen molar-refractivity contribution < 1.29 is 9.59 Å². The third-order valence-corrected chi connectivity index (χ3v) is 6.11. The van der Waals surface area contributed by atoms with Crippen LogP contribution < -0.4 is 10.6 Å². The number of nitrogens with one attached hydrogen (secondary N) is 2. The molecule has 1 aliphatic rings. The van der Waals surface area contributed by atoms with Crippen LogP contribution in [0.15, 0.2) is 30.6 Å². The maximum absolute atomic E-state index is 12.8. The van der Waals surface area contributed by atoms with Crippen LogP contribution in [0, 0.1) is 6.92 Å². The van der Waals surface area contributed by atoms with Gasteiger partial charge in [-0.25, -0.2) is 0 Å². The van der Waals surface area contributed by atoms with Gasteiger partial charge in [0, 0.05) is 35.8 Å². The Labute approximate surface area is 191 Å². The minimum absolute atomic E-state index is 0.0871. The first-order valence-electron chi connectivity index (χ1n) is 10.6. The number of pyridine rings is 2. The summed E-state index contributed by atoms with van der Waals surface area (Å²) in [4.78, 5) is 31.9. The predicted molar refractivity (Wildman–Crippen MR) is 123 cm³/mol. The van der Waals surface area contributed by atoms with E-state index in [2.05, 4.69) is 44.6 Å². The molecule has 4 heterocycles. The summed E-state index contributed by atoms with van der Waals surface area (Å²) in [5, 5.41) is 14.1. The van der Waals surface area contributed by atoms with Gasteiger partial charge in [-0.3, -0.25) is 23.9 Å². The van der Waals surface area contributed by atoms with E-state index < -0.39 is 5.91 Å². The molecule has 0 aromatic carbocycles. The second kappa shape index (κ2) is 8.84. The van der Waals surface area contributed by atoms with E-state index in [1.54, 1.807) is 41.9 Å². The van der Waals surface area contributed by atoms with Crippen molar-refractivity contribution in [2.24, 2.45) is 0 Å². The second-order valence-corrected chi connectivity index (χ2v) is 9.05. The van der Waals surface area contributed by atoms with E-state index in [-0.39, 0.29) is 17.3 Å². The van der Waals surface area contributed by atoms with E-state index >= 15 is 0 Å². The highest BCUT2D eigenvalue weighted by atomic mass is 35.5. The normalized spacial score (nSPS) is 15.8. The number of aryl methyl sites for hydroxylation is 1. The zero-order chi connectivity index (χ0) is 22.9. The monoisotopic (exact) mass is 455 g/mol. The molecule has 10 heteroatoms. The first kappa shape index (κ1) is 22.2. The van der Waals surface area contributed by atoms with Gasteiger partial charge in [0.25, 0.3) is 5.91 Å². The molecule has 2 N–H and O–H groups in total. The maximum Gasteiger partial charge on any atom is 0.294 e. The number of nitrogens with zero attached hydrogens (tertiary/aromatic N) is 5. The highest BCUT2D eigenvalue weighted by molar-refractivity contribution is 6.30. The number of rotatable bonds is 6. The van der Waals surface area contributed by atoms with Gasteiger partial charge in [-0.2, -0.15) is 0 Å². The molecule has 0 saturated carbocycles. The highest BCUT2D eigenvalue weighted by Crippen LogP contribution is 2.28. The lowest BCUT2D eigenvalue weighted by molar-refractivity contribution is -0.116. The van der Waals surface area contributed by atoms with Gasteiger partial charge in [-0.05, 0) is 52.3 Å². The van der Waals surface area contributed by atoms with Crippen molar-refractivity contribution in [3.05, 3.63) is 47.1 Å². The number of anilines is 2. The highest BCUT2D eigenvalue weighted by Gasteiger charge is 2.31. The minimum Gasteiger partial charge on any atom is -0.325 e. The van der Waals surface area contributed by atoms with Crippen LogP contribution in [0.5, 0.6) is 0 Å². The quantitative estimate of drug-likeness (QED) is 0.589. The van der Waals surface area contributed by atoms with E-state index in [9.17, 15) is 9.59 Å². The van der Waals surface area contributed by atoms with Crippen molar-refractivity contribution >= 4 is 40.4 Å². The van der Waals surface area contributed by atoms with Crippen molar-refractivity contribution in [1.29, 1.82) is 0 Å². The van der Waals surface area contributed by atoms with Gasteiger partial charge >= 0.3 is 0 Å². The first-order chi connectivity index (χ1) is 15.2. The summed E-state index contributed by atoms with van der Waals surface area (Å²) in [6, 6.07) is 4.97. The molecule has 1 saturated heterocycles. The molecule has 0 bridgehead atoms. The Morgan fingerprint density at radius 1 is 1.22 bits per heavy atom. The molecule has 0 atom stereocenters. The third kappa shape index (κ3) is 4.73. The number of aromatic nitrogens is 4. The average molecular weight is 456 g/mol. The fourth-order valence-corrected chi connectivity index (χ4v) is 4.12. The summed E-state index contributed by atoms with van der Waals surface area (Å²) < 4.78 is 1.55. The summed E-state index contributed by atoms with van der Waals surface area (Å²) in [6.45, 7) is 7.93. The molecule has 9 nitrogen and oxygen atoms in total. The van der Waals surface area contributed by atoms with Gasteiger partial charge < -0.3 is 10.6 Å². The Bertz CT molecular complexity index is 1170. The zero-order valence-electron chi connectivity index (χ0n) is 18.4. The molecular formula is C22H26ClN7O2. The van der Waals surface area contributed by atoms with Gasteiger partial charge in [-0.15, -0.1) is 10.2 Å². The number of carbonyl (C=O) groups excluding carboxylic acids is 2. The van der Waals surface area contributed by atoms with Gasteiger partial charge in [0.05, 0.1) is 23.3 Å². The number of fused-ring (bicyclic) bond motifs is 1. The lowest BCUT2D eigenvalue weighted by Crippen LogP contribution is -2.39. The molecule has 0 spiro atoms. The fraction of sp³-hybridized carbons (Fsp3) is 0.409. The van der Waals surface area contributed by atoms with Crippen LogP contribution in [0.3, 0.4) is 0 Å². The molecule has 2 amide bonds.